The maximum atomic E-state index is 11.6. The third-order valence-corrected chi connectivity index (χ3v) is 5.06. The molecule has 2 bridgehead atoms. The second kappa shape index (κ2) is 3.03. The molecule has 14 heavy (non-hydrogen) atoms. The minimum atomic E-state index is -1.81. The van der Waals surface area contributed by atoms with Gasteiger partial charge in [-0.15, -0.1) is 0 Å². The van der Waals surface area contributed by atoms with Crippen molar-refractivity contribution in [2.45, 2.75) is 36.9 Å². The van der Waals surface area contributed by atoms with Gasteiger partial charge in [0.1, 0.15) is 0 Å². The van der Waals surface area contributed by atoms with Crippen molar-refractivity contribution in [2.75, 3.05) is 7.11 Å². The van der Waals surface area contributed by atoms with Crippen LogP contribution in [0.1, 0.15) is 32.1 Å². The molecule has 0 radical (unpaired) electrons. The summed E-state index contributed by atoms with van der Waals surface area (Å²) >= 11 is -1.81. The van der Waals surface area contributed by atoms with E-state index in [2.05, 4.69) is 0 Å². The zero-order valence-corrected chi connectivity index (χ0v) is 8.93. The molecule has 0 saturated heterocycles. The zero-order chi connectivity index (χ0) is 10.4. The highest BCUT2D eigenvalue weighted by atomic mass is 32.2. The second-order valence-electron chi connectivity index (χ2n) is 4.38. The lowest BCUT2D eigenvalue weighted by Gasteiger charge is -2.23. The Kier molecular flexibility index (Phi) is 2.19. The minimum absolute atomic E-state index is 0.206. The minimum Gasteiger partial charge on any atom is -0.469 e. The largest absolute Gasteiger partial charge is 0.469 e. The van der Waals surface area contributed by atoms with Crippen LogP contribution in [0.5, 0.6) is 0 Å². The first-order valence-corrected chi connectivity index (χ1v) is 5.85. The molecule has 0 spiro atoms. The maximum Gasteiger partial charge on any atom is 0.311 e. The Bertz CT molecular complexity index is 291. The fourth-order valence-electron chi connectivity index (χ4n) is 2.88. The highest BCUT2D eigenvalue weighted by Gasteiger charge is 2.61. The lowest BCUT2D eigenvalue weighted by molar-refractivity contribution is -0.152. The summed E-state index contributed by atoms with van der Waals surface area (Å²) < 4.78 is 24.7. The summed E-state index contributed by atoms with van der Waals surface area (Å²) in [5.74, 6) is -0.206. The molecule has 2 rings (SSSR count). The SMILES string of the molecule is COC(=O)C12CCC(S(=O)O)(CC1)C2. The lowest BCUT2D eigenvalue weighted by Crippen LogP contribution is -2.27. The van der Waals surface area contributed by atoms with Crippen LogP contribution in [-0.2, 0) is 20.6 Å². The Balaban J connectivity index is 2.24. The van der Waals surface area contributed by atoms with Gasteiger partial charge in [0.05, 0.1) is 17.3 Å². The molecule has 0 aromatic rings. The number of carbonyl (C=O) groups is 1. The van der Waals surface area contributed by atoms with Gasteiger partial charge in [-0.3, -0.25) is 4.79 Å². The summed E-state index contributed by atoms with van der Waals surface area (Å²) in [6.07, 6.45) is 3.27. The molecule has 0 aromatic carbocycles. The summed E-state index contributed by atoms with van der Waals surface area (Å²) in [4.78, 5) is 11.6. The monoisotopic (exact) mass is 218 g/mol. The van der Waals surface area contributed by atoms with Crippen LogP contribution in [0.4, 0.5) is 0 Å². The van der Waals surface area contributed by atoms with Crippen molar-refractivity contribution in [3.63, 3.8) is 0 Å². The number of hydrogen-bond donors (Lipinski definition) is 1. The Hall–Kier alpha value is -0.420. The molecular weight excluding hydrogens is 204 g/mol. The van der Waals surface area contributed by atoms with Gasteiger partial charge in [-0.1, -0.05) is 0 Å². The first kappa shape index (κ1) is 10.1. The Labute approximate surface area is 85.3 Å². The van der Waals surface area contributed by atoms with Crippen molar-refractivity contribution in [1.82, 2.24) is 0 Å². The number of rotatable bonds is 2. The average Bonchev–Trinajstić information content (AvgIpc) is 2.74. The van der Waals surface area contributed by atoms with Crippen molar-refractivity contribution in [3.8, 4) is 0 Å². The maximum absolute atomic E-state index is 11.6. The van der Waals surface area contributed by atoms with Crippen molar-refractivity contribution in [3.05, 3.63) is 0 Å². The third-order valence-electron chi connectivity index (χ3n) is 3.77. The van der Waals surface area contributed by atoms with Gasteiger partial charge in [0.15, 0.2) is 11.1 Å². The molecule has 1 N–H and O–H groups in total. The van der Waals surface area contributed by atoms with Crippen LogP contribution < -0.4 is 0 Å². The van der Waals surface area contributed by atoms with E-state index in [0.29, 0.717) is 32.1 Å². The van der Waals surface area contributed by atoms with Crippen molar-refractivity contribution >= 4 is 17.0 Å². The first-order chi connectivity index (χ1) is 6.55. The normalized spacial score (nSPS) is 42.4. The standard InChI is InChI=1S/C9H14O4S/c1-13-7(10)8-2-4-9(6-8,5-3-8)14(11)12/h2-6H2,1H3,(H,11,12). The number of carbonyl (C=O) groups excluding carboxylic acids is 1. The summed E-state index contributed by atoms with van der Waals surface area (Å²) in [6, 6.07) is 0. The fraction of sp³-hybridized carbons (Fsp3) is 0.889. The molecule has 0 aromatic heterocycles. The highest BCUT2D eigenvalue weighted by Crippen LogP contribution is 2.59. The molecule has 2 aliphatic carbocycles. The average molecular weight is 218 g/mol. The predicted molar refractivity (Wildman–Crippen MR) is 51.0 cm³/mol. The topological polar surface area (TPSA) is 63.6 Å². The second-order valence-corrected chi connectivity index (χ2v) is 5.75. The molecule has 2 fully saturated rings. The number of fused-ring (bicyclic) bond motifs is 2. The molecular formula is C9H14O4S. The van der Waals surface area contributed by atoms with Gasteiger partial charge in [0.25, 0.3) is 0 Å². The van der Waals surface area contributed by atoms with E-state index < -0.39 is 21.2 Å². The van der Waals surface area contributed by atoms with E-state index in [-0.39, 0.29) is 5.97 Å². The van der Waals surface area contributed by atoms with Crippen LogP contribution in [-0.4, -0.2) is 26.6 Å². The van der Waals surface area contributed by atoms with Crippen molar-refractivity contribution in [2.24, 2.45) is 5.41 Å². The molecule has 0 aliphatic heterocycles. The van der Waals surface area contributed by atoms with Crippen LogP contribution in [0.25, 0.3) is 0 Å². The number of esters is 1. The molecule has 2 saturated carbocycles. The van der Waals surface area contributed by atoms with E-state index in [1.807, 2.05) is 0 Å². The predicted octanol–water partition coefficient (Wildman–Crippen LogP) is 1.08. The highest BCUT2D eigenvalue weighted by molar-refractivity contribution is 7.80. The van der Waals surface area contributed by atoms with Gasteiger partial charge in [0.2, 0.25) is 0 Å². The van der Waals surface area contributed by atoms with Crippen molar-refractivity contribution in [1.29, 1.82) is 0 Å². The van der Waals surface area contributed by atoms with Crippen LogP contribution in [0.2, 0.25) is 0 Å². The quantitative estimate of drug-likeness (QED) is 0.556. The van der Waals surface area contributed by atoms with E-state index in [1.165, 1.54) is 7.11 Å². The molecule has 5 heteroatoms. The summed E-state index contributed by atoms with van der Waals surface area (Å²) in [5, 5.41) is 0. The molecule has 80 valence electrons. The number of ether oxygens (including phenoxy) is 1. The zero-order valence-electron chi connectivity index (χ0n) is 8.12. The van der Waals surface area contributed by atoms with Crippen LogP contribution in [0.15, 0.2) is 0 Å². The third kappa shape index (κ3) is 1.15. The Morgan fingerprint density at radius 2 is 1.93 bits per heavy atom. The Morgan fingerprint density at radius 3 is 2.29 bits per heavy atom. The molecule has 0 heterocycles. The van der Waals surface area contributed by atoms with Gasteiger partial charge >= 0.3 is 5.97 Å². The molecule has 2 aliphatic rings. The molecule has 0 amide bonds. The van der Waals surface area contributed by atoms with E-state index in [0.717, 1.165) is 0 Å². The Morgan fingerprint density at radius 1 is 1.36 bits per heavy atom. The fourth-order valence-corrected chi connectivity index (χ4v) is 3.84. The smallest absolute Gasteiger partial charge is 0.311 e. The van der Waals surface area contributed by atoms with Gasteiger partial charge in [-0.2, -0.15) is 0 Å². The lowest BCUT2D eigenvalue weighted by atomic mass is 9.84. The van der Waals surface area contributed by atoms with Gasteiger partial charge in [-0.25, -0.2) is 4.21 Å². The van der Waals surface area contributed by atoms with Crippen LogP contribution >= 0.6 is 0 Å². The van der Waals surface area contributed by atoms with Crippen LogP contribution in [0.3, 0.4) is 0 Å². The number of hydrogen-bond acceptors (Lipinski definition) is 3. The van der Waals surface area contributed by atoms with E-state index in [4.69, 9.17) is 4.74 Å². The summed E-state index contributed by atoms with van der Waals surface area (Å²) in [5.41, 5.74) is -0.451. The van der Waals surface area contributed by atoms with Gasteiger partial charge in [0, 0.05) is 0 Å². The first-order valence-electron chi connectivity index (χ1n) is 4.74. The number of methoxy groups -OCH3 is 1. The van der Waals surface area contributed by atoms with Gasteiger partial charge < -0.3 is 9.29 Å². The summed E-state index contributed by atoms with van der Waals surface area (Å²) in [6.45, 7) is 0. The van der Waals surface area contributed by atoms with E-state index >= 15 is 0 Å². The molecule has 1 atom stereocenters. The van der Waals surface area contributed by atoms with Gasteiger partial charge in [-0.05, 0) is 32.1 Å². The molecule has 4 nitrogen and oxygen atoms in total. The molecule has 1 unspecified atom stereocenters. The van der Waals surface area contributed by atoms with Crippen LogP contribution in [0, 0.1) is 5.41 Å². The van der Waals surface area contributed by atoms with E-state index in [1.54, 1.807) is 0 Å². The summed E-state index contributed by atoms with van der Waals surface area (Å²) in [7, 11) is 1.38. The van der Waals surface area contributed by atoms with E-state index in [9.17, 15) is 13.6 Å². The van der Waals surface area contributed by atoms with Crippen molar-refractivity contribution < 1.29 is 18.3 Å².